The van der Waals surface area contributed by atoms with Gasteiger partial charge in [0.15, 0.2) is 0 Å². The third-order valence-corrected chi connectivity index (χ3v) is 0. The summed E-state index contributed by atoms with van der Waals surface area (Å²) in [4.78, 5) is 26.7. The molecule has 0 unspecified atom stereocenters. The molecule has 102 valence electrons. The Morgan fingerprint density at radius 1 is 0.600 bits per heavy atom. The minimum atomic E-state index is -1.08. The van der Waals surface area contributed by atoms with E-state index >= 15 is 0 Å². The maximum absolute atomic E-state index is 8.89. The van der Waals surface area contributed by atoms with Crippen LogP contribution in [0.25, 0.3) is 0 Å². The first kappa shape index (κ1) is 36.1. The Morgan fingerprint density at radius 2 is 0.600 bits per heavy atom. The molecule has 0 rings (SSSR count). The molecule has 0 fully saturated rings. The molecule has 0 saturated heterocycles. The van der Waals surface area contributed by atoms with Gasteiger partial charge in [0.2, 0.25) is 0 Å². The average Bonchev–Trinajstić information content (AvgIpc) is 1.54. The fourth-order valence-corrected chi connectivity index (χ4v) is 0. The van der Waals surface area contributed by atoms with Gasteiger partial charge >= 0.3 is 67.1 Å². The number of carbonyl (C=O) groups is 3. The van der Waals surface area contributed by atoms with Crippen LogP contribution in [0, 0.1) is 0 Å². The summed E-state index contributed by atoms with van der Waals surface area (Å²) in [5.74, 6) is -3.25. The van der Waals surface area contributed by atoms with Crippen LogP contribution >= 0.6 is 0 Å². The summed E-state index contributed by atoms with van der Waals surface area (Å²) in [5.41, 5.74) is 0. The van der Waals surface area contributed by atoms with Gasteiger partial charge in [-0.05, 0) is 20.8 Å². The Labute approximate surface area is 134 Å². The standard InChI is InChI=1S/3C2H4O2.3Ag/c3*1-2(3)4;;;/h3*1H3,(H,3,4);;;/q;;;3*+1/p-3. The maximum Gasteiger partial charge on any atom is 1.00 e. The SMILES string of the molecule is CC(=O)[O-].CC(=O)[O-].CC(=O)[O-].[Ag+].[Ag+].[Ag+]. The van der Waals surface area contributed by atoms with E-state index in [0.29, 0.717) is 0 Å². The van der Waals surface area contributed by atoms with Crippen molar-refractivity contribution in [3.8, 4) is 0 Å². The second kappa shape index (κ2) is 29.3. The van der Waals surface area contributed by atoms with Crippen molar-refractivity contribution in [2.24, 2.45) is 0 Å². The van der Waals surface area contributed by atoms with Crippen molar-refractivity contribution in [2.75, 3.05) is 0 Å². The van der Waals surface area contributed by atoms with Crippen molar-refractivity contribution in [1.82, 2.24) is 0 Å². The Kier molecular flexibility index (Phi) is 70.5. The first-order valence-corrected chi connectivity index (χ1v) is 2.72. The number of hydrogen-bond donors (Lipinski definition) is 0. The molecule has 0 atom stereocenters. The van der Waals surface area contributed by atoms with Crippen molar-refractivity contribution < 1.29 is 96.8 Å². The summed E-state index contributed by atoms with van der Waals surface area (Å²) in [6.07, 6.45) is 0. The predicted octanol–water partition coefficient (Wildman–Crippen LogP) is -3.74. The third kappa shape index (κ3) is 5870. The zero-order valence-corrected chi connectivity index (χ0v) is 12.3. The van der Waals surface area contributed by atoms with E-state index in [1.54, 1.807) is 0 Å². The summed E-state index contributed by atoms with van der Waals surface area (Å²) in [5, 5.41) is 26.7. The average molecular weight is 501 g/mol. The first-order chi connectivity index (χ1) is 5.20. The van der Waals surface area contributed by atoms with E-state index in [0.717, 1.165) is 20.8 Å². The second-order valence-corrected chi connectivity index (χ2v) is 1.47. The molecule has 0 aliphatic rings. The largest absolute Gasteiger partial charge is 1.00 e. The van der Waals surface area contributed by atoms with Crippen molar-refractivity contribution in [1.29, 1.82) is 0 Å². The number of carboxylic acids is 3. The molecule has 9 heteroatoms. The van der Waals surface area contributed by atoms with E-state index in [9.17, 15) is 0 Å². The van der Waals surface area contributed by atoms with Crippen LogP contribution in [-0.4, -0.2) is 17.9 Å². The molecular weight excluding hydrogens is 492 g/mol. The van der Waals surface area contributed by atoms with Gasteiger partial charge in [0.1, 0.15) is 0 Å². The topological polar surface area (TPSA) is 120 Å². The Morgan fingerprint density at radius 3 is 0.600 bits per heavy atom. The second-order valence-electron chi connectivity index (χ2n) is 1.47. The molecule has 0 heterocycles. The van der Waals surface area contributed by atoms with Crippen molar-refractivity contribution in [2.45, 2.75) is 20.8 Å². The molecule has 0 spiro atoms. The van der Waals surface area contributed by atoms with E-state index in [1.807, 2.05) is 0 Å². The fourth-order valence-electron chi connectivity index (χ4n) is 0. The van der Waals surface area contributed by atoms with E-state index in [1.165, 1.54) is 0 Å². The Balaban J connectivity index is -0.0000000184. The molecule has 0 aliphatic carbocycles. The molecule has 0 bridgehead atoms. The first-order valence-electron chi connectivity index (χ1n) is 2.72. The van der Waals surface area contributed by atoms with Crippen LogP contribution in [0.1, 0.15) is 20.8 Å². The normalized spacial score (nSPS) is 5.00. The summed E-state index contributed by atoms with van der Waals surface area (Å²) in [6.45, 7) is 2.92. The molecule has 0 amide bonds. The summed E-state index contributed by atoms with van der Waals surface area (Å²) in [6, 6.07) is 0. The minimum absolute atomic E-state index is 0. The predicted molar refractivity (Wildman–Crippen MR) is 32.0 cm³/mol. The van der Waals surface area contributed by atoms with Crippen LogP contribution in [-0.2, 0) is 81.5 Å². The van der Waals surface area contributed by atoms with E-state index in [2.05, 4.69) is 0 Å². The number of aliphatic carboxylic acids is 3. The van der Waals surface area contributed by atoms with Crippen molar-refractivity contribution in [3.05, 3.63) is 0 Å². The number of carbonyl (C=O) groups excluding carboxylic acids is 3. The van der Waals surface area contributed by atoms with Crippen molar-refractivity contribution in [3.63, 3.8) is 0 Å². The van der Waals surface area contributed by atoms with Crippen LogP contribution in [0.15, 0.2) is 0 Å². The number of hydrogen-bond acceptors (Lipinski definition) is 6. The van der Waals surface area contributed by atoms with E-state index in [-0.39, 0.29) is 67.1 Å². The van der Waals surface area contributed by atoms with Crippen molar-refractivity contribution >= 4 is 17.9 Å². The van der Waals surface area contributed by atoms with Crippen LogP contribution in [0.4, 0.5) is 0 Å². The van der Waals surface area contributed by atoms with E-state index in [4.69, 9.17) is 29.7 Å². The monoisotopic (exact) mass is 498 g/mol. The van der Waals surface area contributed by atoms with Crippen LogP contribution < -0.4 is 15.3 Å². The third-order valence-electron chi connectivity index (χ3n) is 0. The van der Waals surface area contributed by atoms with Gasteiger partial charge in [-0.15, -0.1) is 0 Å². The van der Waals surface area contributed by atoms with Gasteiger partial charge in [0.05, 0.1) is 0 Å². The van der Waals surface area contributed by atoms with Crippen LogP contribution in [0.5, 0.6) is 0 Å². The molecule has 0 aromatic carbocycles. The number of carboxylic acid groups (broad SMARTS) is 3. The zero-order valence-electron chi connectivity index (χ0n) is 7.85. The Hall–Kier alpha value is 0.631. The molecule has 0 radical (unpaired) electrons. The van der Waals surface area contributed by atoms with Gasteiger partial charge in [0, 0.05) is 17.9 Å². The molecule has 6 nitrogen and oxygen atoms in total. The summed E-state index contributed by atoms with van der Waals surface area (Å²) < 4.78 is 0. The molecule has 0 aromatic heterocycles. The summed E-state index contributed by atoms with van der Waals surface area (Å²) >= 11 is 0. The smallest absolute Gasteiger partial charge is 0.550 e. The van der Waals surface area contributed by atoms with Gasteiger partial charge in [-0.25, -0.2) is 0 Å². The summed E-state index contributed by atoms with van der Waals surface area (Å²) in [7, 11) is 0. The Bertz CT molecular complexity index is 120. The zero-order chi connectivity index (χ0) is 10.7. The molecule has 15 heavy (non-hydrogen) atoms. The molecular formula is C6H9Ag3O6. The molecule has 0 saturated carbocycles. The van der Waals surface area contributed by atoms with Gasteiger partial charge in [-0.1, -0.05) is 0 Å². The minimum Gasteiger partial charge on any atom is -0.550 e. The maximum atomic E-state index is 8.89. The van der Waals surface area contributed by atoms with E-state index < -0.39 is 17.9 Å². The molecule has 0 N–H and O–H groups in total. The number of rotatable bonds is 0. The van der Waals surface area contributed by atoms with Gasteiger partial charge in [0.25, 0.3) is 0 Å². The van der Waals surface area contributed by atoms with Crippen LogP contribution in [0.2, 0.25) is 0 Å². The van der Waals surface area contributed by atoms with Gasteiger partial charge in [-0.3, -0.25) is 0 Å². The van der Waals surface area contributed by atoms with Crippen LogP contribution in [0.3, 0.4) is 0 Å². The molecule has 0 aromatic rings. The quantitative estimate of drug-likeness (QED) is 0.315. The molecule has 0 aliphatic heterocycles. The van der Waals surface area contributed by atoms with Gasteiger partial charge < -0.3 is 29.7 Å². The fraction of sp³-hybridized carbons (Fsp3) is 0.500. The van der Waals surface area contributed by atoms with Gasteiger partial charge in [-0.2, -0.15) is 0 Å².